The zero-order valence-electron chi connectivity index (χ0n) is 14.2. The van der Waals surface area contributed by atoms with Crippen LogP contribution in [0.4, 0.5) is 11.6 Å². The highest BCUT2D eigenvalue weighted by atomic mass is 16.5. The summed E-state index contributed by atoms with van der Waals surface area (Å²) < 4.78 is 5.65. The lowest BCUT2D eigenvalue weighted by molar-refractivity contribution is -0.118. The quantitative estimate of drug-likeness (QED) is 0.586. The maximum absolute atomic E-state index is 12.1. The molecular weight excluding hydrogens is 334 g/mol. The second-order valence-electron chi connectivity index (χ2n) is 5.59. The molecule has 1 heterocycles. The van der Waals surface area contributed by atoms with Crippen LogP contribution >= 0.6 is 0 Å². The SMILES string of the molecule is Cc1ccc(NC(=O)COc2ccccc2CNn2nnnc2N)cc1. The summed E-state index contributed by atoms with van der Waals surface area (Å²) >= 11 is 0. The second kappa shape index (κ2) is 7.97. The van der Waals surface area contributed by atoms with E-state index in [1.807, 2.05) is 49.4 Å². The molecule has 26 heavy (non-hydrogen) atoms. The molecular formula is C17H19N7O2. The molecule has 0 saturated heterocycles. The van der Waals surface area contributed by atoms with Crippen LogP contribution in [0.15, 0.2) is 48.5 Å². The molecule has 2 aromatic carbocycles. The number of tetrazole rings is 1. The summed E-state index contributed by atoms with van der Waals surface area (Å²) in [7, 11) is 0. The number of hydrogen-bond donors (Lipinski definition) is 3. The molecule has 0 atom stereocenters. The van der Waals surface area contributed by atoms with Gasteiger partial charge in [0.05, 0.1) is 6.54 Å². The Morgan fingerprint density at radius 1 is 1.19 bits per heavy atom. The van der Waals surface area contributed by atoms with E-state index in [1.54, 1.807) is 6.07 Å². The van der Waals surface area contributed by atoms with Gasteiger partial charge in [-0.3, -0.25) is 4.79 Å². The van der Waals surface area contributed by atoms with E-state index >= 15 is 0 Å². The average Bonchev–Trinajstić information content (AvgIpc) is 3.06. The van der Waals surface area contributed by atoms with Gasteiger partial charge in [0.2, 0.25) is 0 Å². The molecule has 0 aliphatic carbocycles. The molecule has 9 nitrogen and oxygen atoms in total. The van der Waals surface area contributed by atoms with Gasteiger partial charge >= 0.3 is 0 Å². The Morgan fingerprint density at radius 2 is 1.96 bits per heavy atom. The lowest BCUT2D eigenvalue weighted by Crippen LogP contribution is -2.21. The van der Waals surface area contributed by atoms with Gasteiger partial charge in [-0.2, -0.15) is 0 Å². The van der Waals surface area contributed by atoms with Gasteiger partial charge in [0.25, 0.3) is 11.9 Å². The van der Waals surface area contributed by atoms with E-state index in [2.05, 4.69) is 26.3 Å². The summed E-state index contributed by atoms with van der Waals surface area (Å²) in [5.41, 5.74) is 11.3. The summed E-state index contributed by atoms with van der Waals surface area (Å²) in [5, 5.41) is 13.5. The van der Waals surface area contributed by atoms with Crippen molar-refractivity contribution in [3.8, 4) is 5.75 Å². The number of nitrogens with two attached hydrogens (primary N) is 1. The monoisotopic (exact) mass is 353 g/mol. The Bertz CT molecular complexity index is 877. The number of carbonyl (C=O) groups is 1. The first-order valence-electron chi connectivity index (χ1n) is 7.97. The molecule has 1 aromatic heterocycles. The minimum Gasteiger partial charge on any atom is -0.483 e. The highest BCUT2D eigenvalue weighted by Gasteiger charge is 2.08. The van der Waals surface area contributed by atoms with Crippen LogP contribution in [0.1, 0.15) is 11.1 Å². The molecule has 0 spiro atoms. The third-order valence-corrected chi connectivity index (χ3v) is 3.58. The molecule has 0 aliphatic rings. The number of rotatable bonds is 7. The first-order chi connectivity index (χ1) is 12.6. The predicted octanol–water partition coefficient (Wildman–Crippen LogP) is 1.32. The van der Waals surface area contributed by atoms with E-state index in [9.17, 15) is 4.79 Å². The van der Waals surface area contributed by atoms with Gasteiger partial charge in [-0.1, -0.05) is 41.0 Å². The lowest BCUT2D eigenvalue weighted by Gasteiger charge is -2.12. The van der Waals surface area contributed by atoms with Crippen molar-refractivity contribution in [2.75, 3.05) is 23.1 Å². The molecule has 3 aromatic rings. The van der Waals surface area contributed by atoms with Crippen LogP contribution in [0.2, 0.25) is 0 Å². The predicted molar refractivity (Wildman–Crippen MR) is 97.0 cm³/mol. The van der Waals surface area contributed by atoms with Crippen molar-refractivity contribution in [3.63, 3.8) is 0 Å². The van der Waals surface area contributed by atoms with Crippen molar-refractivity contribution >= 4 is 17.5 Å². The van der Waals surface area contributed by atoms with Gasteiger partial charge in [0.1, 0.15) is 5.75 Å². The minimum absolute atomic E-state index is 0.0993. The maximum Gasteiger partial charge on any atom is 0.262 e. The van der Waals surface area contributed by atoms with Crippen LogP contribution in [0.3, 0.4) is 0 Å². The number of nitrogens with one attached hydrogen (secondary N) is 2. The first kappa shape index (κ1) is 17.2. The summed E-state index contributed by atoms with van der Waals surface area (Å²) in [4.78, 5) is 13.3. The molecule has 9 heteroatoms. The molecule has 1 amide bonds. The number of carbonyl (C=O) groups excluding carboxylic acids is 1. The average molecular weight is 353 g/mol. The zero-order valence-corrected chi connectivity index (χ0v) is 14.2. The smallest absolute Gasteiger partial charge is 0.262 e. The summed E-state index contributed by atoms with van der Waals surface area (Å²) in [6.07, 6.45) is 0. The highest BCUT2D eigenvalue weighted by Crippen LogP contribution is 2.18. The van der Waals surface area contributed by atoms with Crippen LogP contribution in [-0.2, 0) is 11.3 Å². The van der Waals surface area contributed by atoms with Crippen molar-refractivity contribution in [1.82, 2.24) is 20.3 Å². The number of aromatic nitrogens is 4. The molecule has 3 rings (SSSR count). The number of para-hydroxylation sites is 1. The van der Waals surface area contributed by atoms with E-state index in [0.717, 1.165) is 16.8 Å². The van der Waals surface area contributed by atoms with Crippen LogP contribution in [-0.4, -0.2) is 32.8 Å². The second-order valence-corrected chi connectivity index (χ2v) is 5.59. The number of nitrogen functional groups attached to an aromatic ring is 1. The zero-order chi connectivity index (χ0) is 18.4. The van der Waals surface area contributed by atoms with E-state index in [0.29, 0.717) is 12.3 Å². The molecule has 0 bridgehead atoms. The van der Waals surface area contributed by atoms with Crippen LogP contribution in [0.5, 0.6) is 5.75 Å². The Balaban J connectivity index is 1.56. The number of anilines is 2. The summed E-state index contributed by atoms with van der Waals surface area (Å²) in [6.45, 7) is 2.27. The number of nitrogens with zero attached hydrogens (tertiary/aromatic N) is 4. The Morgan fingerprint density at radius 3 is 2.69 bits per heavy atom. The van der Waals surface area contributed by atoms with Crippen LogP contribution in [0, 0.1) is 6.92 Å². The molecule has 0 unspecified atom stereocenters. The molecule has 0 saturated carbocycles. The van der Waals surface area contributed by atoms with Crippen LogP contribution < -0.4 is 21.2 Å². The molecule has 4 N–H and O–H groups in total. The maximum atomic E-state index is 12.1. The largest absolute Gasteiger partial charge is 0.483 e. The van der Waals surface area contributed by atoms with Gasteiger partial charge in [0.15, 0.2) is 6.61 Å². The Hall–Kier alpha value is -3.62. The Kier molecular flexibility index (Phi) is 5.28. The van der Waals surface area contributed by atoms with E-state index in [-0.39, 0.29) is 18.5 Å². The summed E-state index contributed by atoms with van der Waals surface area (Å²) in [5.74, 6) is 0.507. The van der Waals surface area contributed by atoms with Gasteiger partial charge < -0.3 is 21.2 Å². The number of aryl methyl sites for hydroxylation is 1. The molecule has 0 fully saturated rings. The van der Waals surface area contributed by atoms with Crippen molar-refractivity contribution in [2.45, 2.75) is 13.5 Å². The van der Waals surface area contributed by atoms with Gasteiger partial charge in [-0.05, 0) is 35.5 Å². The van der Waals surface area contributed by atoms with Crippen molar-refractivity contribution in [2.24, 2.45) is 0 Å². The standard InChI is InChI=1S/C17H19N7O2/c1-12-6-8-14(9-7-12)20-16(25)11-26-15-5-3-2-4-13(15)10-19-24-17(18)21-22-23-24/h2-9,19H,10-11H2,1H3,(H,20,25)(H2,18,21,23). The van der Waals surface area contributed by atoms with Gasteiger partial charge in [-0.25, -0.2) is 0 Å². The topological polar surface area (TPSA) is 120 Å². The molecule has 0 radical (unpaired) electrons. The lowest BCUT2D eigenvalue weighted by atomic mass is 10.2. The fourth-order valence-corrected chi connectivity index (χ4v) is 2.23. The Labute approximate surface area is 150 Å². The fraction of sp³-hybridized carbons (Fsp3) is 0.176. The number of hydrogen-bond acceptors (Lipinski definition) is 7. The third kappa shape index (κ3) is 4.47. The van der Waals surface area contributed by atoms with Gasteiger partial charge in [0, 0.05) is 11.3 Å². The fourth-order valence-electron chi connectivity index (χ4n) is 2.23. The molecule has 134 valence electrons. The van der Waals surface area contributed by atoms with Crippen LogP contribution in [0.25, 0.3) is 0 Å². The normalized spacial score (nSPS) is 10.3. The summed E-state index contributed by atoms with van der Waals surface area (Å²) in [6, 6.07) is 14.9. The minimum atomic E-state index is -0.235. The molecule has 0 aliphatic heterocycles. The number of amides is 1. The van der Waals surface area contributed by atoms with Crippen molar-refractivity contribution in [3.05, 3.63) is 59.7 Å². The van der Waals surface area contributed by atoms with E-state index < -0.39 is 0 Å². The third-order valence-electron chi connectivity index (χ3n) is 3.58. The number of ether oxygens (including phenoxy) is 1. The van der Waals surface area contributed by atoms with E-state index in [4.69, 9.17) is 10.5 Å². The number of benzene rings is 2. The van der Waals surface area contributed by atoms with Crippen molar-refractivity contribution in [1.29, 1.82) is 0 Å². The van der Waals surface area contributed by atoms with Crippen molar-refractivity contribution < 1.29 is 9.53 Å². The van der Waals surface area contributed by atoms with Gasteiger partial charge in [-0.15, -0.1) is 4.79 Å². The highest BCUT2D eigenvalue weighted by molar-refractivity contribution is 5.91. The van der Waals surface area contributed by atoms with E-state index in [1.165, 1.54) is 4.79 Å². The first-order valence-corrected chi connectivity index (χ1v) is 7.97.